The molecule has 0 aliphatic rings. The lowest BCUT2D eigenvalue weighted by atomic mass is 10.2. The number of aromatic nitrogens is 1. The first kappa shape index (κ1) is 13.7. The van der Waals surface area contributed by atoms with Gasteiger partial charge in [0, 0.05) is 12.7 Å². The van der Waals surface area contributed by atoms with Gasteiger partial charge < -0.3 is 15.7 Å². The summed E-state index contributed by atoms with van der Waals surface area (Å²) in [6.07, 6.45) is 7.19. The molecule has 96 valence electrons. The van der Waals surface area contributed by atoms with Gasteiger partial charge in [0.25, 0.3) is 0 Å². The SMILES string of the molecule is C/C=C/CCNC(=O)Nc1cncc(C(=O)O)c1. The zero-order valence-electron chi connectivity index (χ0n) is 10.0. The maximum Gasteiger partial charge on any atom is 0.337 e. The number of hydrogen-bond donors (Lipinski definition) is 3. The van der Waals surface area contributed by atoms with Crippen LogP contribution in [0.25, 0.3) is 0 Å². The Morgan fingerprint density at radius 3 is 2.89 bits per heavy atom. The number of carbonyl (C=O) groups excluding carboxylic acids is 1. The second-order valence-corrected chi connectivity index (χ2v) is 3.51. The number of anilines is 1. The van der Waals surface area contributed by atoms with Crippen LogP contribution in [0.15, 0.2) is 30.6 Å². The van der Waals surface area contributed by atoms with Crippen molar-refractivity contribution in [1.29, 1.82) is 0 Å². The molecule has 2 amide bonds. The maximum atomic E-state index is 11.4. The fourth-order valence-corrected chi connectivity index (χ4v) is 1.24. The summed E-state index contributed by atoms with van der Waals surface area (Å²) in [4.78, 5) is 25.9. The third-order valence-corrected chi connectivity index (χ3v) is 2.08. The topological polar surface area (TPSA) is 91.3 Å². The zero-order valence-corrected chi connectivity index (χ0v) is 10.0. The number of allylic oxidation sites excluding steroid dienone is 1. The molecule has 0 saturated carbocycles. The van der Waals surface area contributed by atoms with E-state index in [2.05, 4.69) is 15.6 Å². The third-order valence-electron chi connectivity index (χ3n) is 2.08. The average molecular weight is 249 g/mol. The lowest BCUT2D eigenvalue weighted by Gasteiger charge is -2.06. The molecule has 6 nitrogen and oxygen atoms in total. The molecule has 6 heteroatoms. The summed E-state index contributed by atoms with van der Waals surface area (Å²) in [5, 5.41) is 13.9. The number of pyridine rings is 1. The molecule has 1 aromatic rings. The second-order valence-electron chi connectivity index (χ2n) is 3.51. The highest BCUT2D eigenvalue weighted by Gasteiger charge is 2.06. The van der Waals surface area contributed by atoms with Crippen LogP contribution in [0.4, 0.5) is 10.5 Å². The molecule has 0 radical (unpaired) electrons. The highest BCUT2D eigenvalue weighted by atomic mass is 16.4. The van der Waals surface area contributed by atoms with Crippen LogP contribution in [-0.4, -0.2) is 28.6 Å². The Hall–Kier alpha value is -2.37. The Kier molecular flexibility index (Phi) is 5.37. The lowest BCUT2D eigenvalue weighted by Crippen LogP contribution is -2.29. The van der Waals surface area contributed by atoms with Crippen molar-refractivity contribution < 1.29 is 14.7 Å². The van der Waals surface area contributed by atoms with Crippen molar-refractivity contribution in [2.45, 2.75) is 13.3 Å². The molecule has 0 fully saturated rings. The molecule has 18 heavy (non-hydrogen) atoms. The molecular formula is C12H15N3O3. The molecule has 0 saturated heterocycles. The van der Waals surface area contributed by atoms with Gasteiger partial charge in [-0.3, -0.25) is 4.98 Å². The molecule has 3 N–H and O–H groups in total. The summed E-state index contributed by atoms with van der Waals surface area (Å²) in [5.41, 5.74) is 0.375. The summed E-state index contributed by atoms with van der Waals surface area (Å²) in [6.45, 7) is 2.42. The van der Waals surface area contributed by atoms with Gasteiger partial charge in [0.15, 0.2) is 0 Å². The van der Waals surface area contributed by atoms with Gasteiger partial charge >= 0.3 is 12.0 Å². The standard InChI is InChI=1S/C12H15N3O3/c1-2-3-4-5-14-12(18)15-10-6-9(11(16)17)7-13-8-10/h2-3,6-8H,4-5H2,1H3,(H,16,17)(H2,14,15,18)/b3-2+. The predicted molar refractivity (Wildman–Crippen MR) is 67.6 cm³/mol. The monoisotopic (exact) mass is 249 g/mol. The van der Waals surface area contributed by atoms with Gasteiger partial charge in [0.2, 0.25) is 0 Å². The van der Waals surface area contributed by atoms with Gasteiger partial charge in [-0.2, -0.15) is 0 Å². The normalized spacial score (nSPS) is 10.3. The Balaban J connectivity index is 2.49. The van der Waals surface area contributed by atoms with Crippen molar-refractivity contribution in [2.24, 2.45) is 0 Å². The predicted octanol–water partition coefficient (Wildman–Crippen LogP) is 1.87. The molecule has 1 rings (SSSR count). The van der Waals surface area contributed by atoms with Gasteiger partial charge in [0.05, 0.1) is 17.4 Å². The maximum absolute atomic E-state index is 11.4. The van der Waals surface area contributed by atoms with E-state index >= 15 is 0 Å². The first-order chi connectivity index (χ1) is 8.63. The van der Waals surface area contributed by atoms with E-state index in [1.165, 1.54) is 18.5 Å². The molecule has 0 unspecified atom stereocenters. The van der Waals surface area contributed by atoms with Crippen molar-refractivity contribution in [3.8, 4) is 0 Å². The lowest BCUT2D eigenvalue weighted by molar-refractivity contribution is 0.0696. The first-order valence-electron chi connectivity index (χ1n) is 5.48. The van der Waals surface area contributed by atoms with Crippen LogP contribution < -0.4 is 10.6 Å². The molecule has 0 aliphatic heterocycles. The highest BCUT2D eigenvalue weighted by Crippen LogP contribution is 2.07. The summed E-state index contributed by atoms with van der Waals surface area (Å²) in [6, 6.07) is 0.963. The number of carboxylic acid groups (broad SMARTS) is 1. The van der Waals surface area contributed by atoms with Gasteiger partial charge in [-0.1, -0.05) is 12.2 Å². The minimum Gasteiger partial charge on any atom is -0.478 e. The summed E-state index contributed by atoms with van der Waals surface area (Å²) >= 11 is 0. The molecule has 0 aromatic carbocycles. The van der Waals surface area contributed by atoms with E-state index < -0.39 is 5.97 Å². The molecule has 0 atom stereocenters. The van der Waals surface area contributed by atoms with Crippen LogP contribution >= 0.6 is 0 Å². The van der Waals surface area contributed by atoms with Crippen molar-refractivity contribution in [3.63, 3.8) is 0 Å². The van der Waals surface area contributed by atoms with Gasteiger partial charge in [-0.05, 0) is 19.4 Å². The molecule has 0 aliphatic carbocycles. The number of amides is 2. The summed E-state index contributed by atoms with van der Waals surface area (Å²) in [5.74, 6) is -1.08. The van der Waals surface area contributed by atoms with Crippen LogP contribution in [0.5, 0.6) is 0 Å². The molecule has 0 spiro atoms. The van der Waals surface area contributed by atoms with Crippen LogP contribution in [-0.2, 0) is 0 Å². The van der Waals surface area contributed by atoms with Crippen LogP contribution in [0, 0.1) is 0 Å². The van der Waals surface area contributed by atoms with E-state index in [1.807, 2.05) is 19.1 Å². The quantitative estimate of drug-likeness (QED) is 0.548. The number of rotatable bonds is 5. The minimum absolute atomic E-state index is 0.0294. The minimum atomic E-state index is -1.08. The van der Waals surface area contributed by atoms with Gasteiger partial charge in [-0.15, -0.1) is 0 Å². The van der Waals surface area contributed by atoms with Crippen molar-refractivity contribution >= 4 is 17.7 Å². The Morgan fingerprint density at radius 2 is 2.22 bits per heavy atom. The van der Waals surface area contributed by atoms with E-state index in [0.717, 1.165) is 6.42 Å². The van der Waals surface area contributed by atoms with Crippen LogP contribution in [0.2, 0.25) is 0 Å². The highest BCUT2D eigenvalue weighted by molar-refractivity contribution is 5.92. The first-order valence-corrected chi connectivity index (χ1v) is 5.48. The number of nitrogens with zero attached hydrogens (tertiary/aromatic N) is 1. The van der Waals surface area contributed by atoms with Gasteiger partial charge in [0.1, 0.15) is 0 Å². The number of urea groups is 1. The Bertz CT molecular complexity index is 458. The number of carbonyl (C=O) groups is 2. The number of carboxylic acids is 1. The van der Waals surface area contributed by atoms with Crippen molar-refractivity contribution in [2.75, 3.05) is 11.9 Å². The second kappa shape index (κ2) is 7.05. The molecule has 0 bridgehead atoms. The van der Waals surface area contributed by atoms with Crippen molar-refractivity contribution in [3.05, 3.63) is 36.2 Å². The number of nitrogens with one attached hydrogen (secondary N) is 2. The number of hydrogen-bond acceptors (Lipinski definition) is 3. The third kappa shape index (κ3) is 4.65. The Morgan fingerprint density at radius 1 is 1.44 bits per heavy atom. The molecule has 1 aromatic heterocycles. The fourth-order valence-electron chi connectivity index (χ4n) is 1.24. The zero-order chi connectivity index (χ0) is 13.4. The molecular weight excluding hydrogens is 234 g/mol. The fraction of sp³-hybridized carbons (Fsp3) is 0.250. The van der Waals surface area contributed by atoms with E-state index in [0.29, 0.717) is 12.2 Å². The number of aromatic carboxylic acids is 1. The molecule has 1 heterocycles. The van der Waals surface area contributed by atoms with E-state index in [9.17, 15) is 9.59 Å². The Labute approximate surface area is 105 Å². The smallest absolute Gasteiger partial charge is 0.337 e. The van der Waals surface area contributed by atoms with Crippen LogP contribution in [0.1, 0.15) is 23.7 Å². The van der Waals surface area contributed by atoms with E-state index in [4.69, 9.17) is 5.11 Å². The van der Waals surface area contributed by atoms with E-state index in [1.54, 1.807) is 0 Å². The van der Waals surface area contributed by atoms with Crippen molar-refractivity contribution in [1.82, 2.24) is 10.3 Å². The summed E-state index contributed by atoms with van der Waals surface area (Å²) in [7, 11) is 0. The van der Waals surface area contributed by atoms with Gasteiger partial charge in [-0.25, -0.2) is 9.59 Å². The average Bonchev–Trinajstić information content (AvgIpc) is 2.35. The van der Waals surface area contributed by atoms with E-state index in [-0.39, 0.29) is 11.6 Å². The van der Waals surface area contributed by atoms with Crippen LogP contribution in [0.3, 0.4) is 0 Å². The summed E-state index contributed by atoms with van der Waals surface area (Å²) < 4.78 is 0. The largest absolute Gasteiger partial charge is 0.478 e.